The molecule has 35 heavy (non-hydrogen) atoms. The zero-order valence-electron chi connectivity index (χ0n) is 18.4. The van der Waals surface area contributed by atoms with Gasteiger partial charge in [0.1, 0.15) is 47.3 Å². The lowest BCUT2D eigenvalue weighted by molar-refractivity contribution is 0.471. The quantitative estimate of drug-likeness (QED) is 0.337. The minimum atomic E-state index is 0.250. The SMILES string of the molecule is N#Cc1ccc(Oc2ccccc2Cc2ccccc2Oc2ccc(C#N)c(C#N)c2)cc1C#N. The van der Waals surface area contributed by atoms with Gasteiger partial charge in [0.25, 0.3) is 0 Å². The molecule has 0 saturated heterocycles. The van der Waals surface area contributed by atoms with Crippen molar-refractivity contribution in [2.75, 3.05) is 0 Å². The van der Waals surface area contributed by atoms with Crippen molar-refractivity contribution >= 4 is 0 Å². The molecule has 0 N–H and O–H groups in total. The van der Waals surface area contributed by atoms with Crippen LogP contribution >= 0.6 is 0 Å². The minimum Gasteiger partial charge on any atom is -0.457 e. The third-order valence-electron chi connectivity index (χ3n) is 5.25. The molecule has 0 spiro atoms. The third kappa shape index (κ3) is 5.10. The monoisotopic (exact) mass is 452 g/mol. The summed E-state index contributed by atoms with van der Waals surface area (Å²) in [6, 6.07) is 32.6. The summed E-state index contributed by atoms with van der Waals surface area (Å²) in [5, 5.41) is 36.9. The van der Waals surface area contributed by atoms with Crippen LogP contribution in [-0.2, 0) is 6.42 Å². The number of rotatable bonds is 6. The van der Waals surface area contributed by atoms with Gasteiger partial charge in [-0.1, -0.05) is 36.4 Å². The highest BCUT2D eigenvalue weighted by molar-refractivity contribution is 5.52. The van der Waals surface area contributed by atoms with Crippen molar-refractivity contribution < 1.29 is 9.47 Å². The van der Waals surface area contributed by atoms with Crippen LogP contribution in [0.4, 0.5) is 0 Å². The second-order valence-corrected chi connectivity index (χ2v) is 7.46. The van der Waals surface area contributed by atoms with Gasteiger partial charge in [0.15, 0.2) is 0 Å². The molecule has 0 atom stereocenters. The highest BCUT2D eigenvalue weighted by Crippen LogP contribution is 2.32. The fraction of sp³-hybridized carbons (Fsp3) is 0.0345. The number of nitrogens with zero attached hydrogens (tertiary/aromatic N) is 4. The van der Waals surface area contributed by atoms with Crippen molar-refractivity contribution in [2.24, 2.45) is 0 Å². The Morgan fingerprint density at radius 2 is 0.886 bits per heavy atom. The van der Waals surface area contributed by atoms with Gasteiger partial charge in [-0.2, -0.15) is 21.0 Å². The molecule has 0 radical (unpaired) electrons. The highest BCUT2D eigenvalue weighted by Gasteiger charge is 2.12. The molecule has 0 heterocycles. The van der Waals surface area contributed by atoms with Crippen molar-refractivity contribution in [3.05, 3.63) is 118 Å². The Bertz CT molecular complexity index is 1460. The van der Waals surface area contributed by atoms with Gasteiger partial charge < -0.3 is 9.47 Å². The molecule has 0 saturated carbocycles. The van der Waals surface area contributed by atoms with E-state index in [9.17, 15) is 10.5 Å². The molecular weight excluding hydrogens is 436 g/mol. The van der Waals surface area contributed by atoms with Gasteiger partial charge >= 0.3 is 0 Å². The zero-order chi connectivity index (χ0) is 24.6. The Balaban J connectivity index is 1.62. The maximum absolute atomic E-state index is 9.30. The molecule has 0 bridgehead atoms. The average molecular weight is 452 g/mol. The Labute approximate surface area is 202 Å². The molecule has 164 valence electrons. The lowest BCUT2D eigenvalue weighted by Gasteiger charge is -2.15. The summed E-state index contributed by atoms with van der Waals surface area (Å²) in [4.78, 5) is 0. The van der Waals surface area contributed by atoms with Crippen LogP contribution in [0.1, 0.15) is 33.4 Å². The van der Waals surface area contributed by atoms with Gasteiger partial charge in [-0.3, -0.25) is 0 Å². The summed E-state index contributed by atoms with van der Waals surface area (Å²) >= 11 is 0. The molecule has 4 aromatic rings. The maximum atomic E-state index is 9.30. The first kappa shape index (κ1) is 22.6. The molecule has 0 aliphatic carbocycles. The van der Waals surface area contributed by atoms with E-state index >= 15 is 0 Å². The number of nitriles is 4. The molecule has 6 nitrogen and oxygen atoms in total. The van der Waals surface area contributed by atoms with Crippen LogP contribution in [0.3, 0.4) is 0 Å². The molecular formula is C29H16N4O2. The highest BCUT2D eigenvalue weighted by atomic mass is 16.5. The standard InChI is InChI=1S/C29H16N4O2/c30-16-22-9-11-26(14-24(22)18-32)34-28-7-3-1-5-20(28)13-21-6-2-4-8-29(21)35-27-12-10-23(17-31)25(15-27)19-33/h1-12,14-15H,13H2. The topological polar surface area (TPSA) is 114 Å². The minimum absolute atomic E-state index is 0.250. The van der Waals surface area contributed by atoms with Crippen LogP contribution in [0.15, 0.2) is 84.9 Å². The van der Waals surface area contributed by atoms with Crippen LogP contribution in [0.5, 0.6) is 23.0 Å². The fourth-order valence-corrected chi connectivity index (χ4v) is 3.51. The zero-order valence-corrected chi connectivity index (χ0v) is 18.4. The summed E-state index contributed by atoms with van der Waals surface area (Å²) in [6.45, 7) is 0. The third-order valence-corrected chi connectivity index (χ3v) is 5.25. The molecule has 0 fully saturated rings. The van der Waals surface area contributed by atoms with Crippen molar-refractivity contribution in [1.82, 2.24) is 0 Å². The lowest BCUT2D eigenvalue weighted by atomic mass is 10.0. The number of benzene rings is 4. The van der Waals surface area contributed by atoms with E-state index in [2.05, 4.69) is 0 Å². The largest absolute Gasteiger partial charge is 0.457 e. The van der Waals surface area contributed by atoms with Gasteiger partial charge in [0.05, 0.1) is 22.3 Å². The van der Waals surface area contributed by atoms with E-state index in [0.29, 0.717) is 40.5 Å². The molecule has 0 aliphatic heterocycles. The second kappa shape index (κ2) is 10.4. The molecule has 4 rings (SSSR count). The van der Waals surface area contributed by atoms with E-state index in [4.69, 9.17) is 20.0 Å². The number of para-hydroxylation sites is 2. The number of hydrogen-bond acceptors (Lipinski definition) is 6. The molecule has 0 unspecified atom stereocenters. The Morgan fingerprint density at radius 3 is 1.29 bits per heavy atom. The predicted octanol–water partition coefficient (Wildman–Crippen LogP) is 6.35. The summed E-state index contributed by atoms with van der Waals surface area (Å²) in [6.07, 6.45) is 0.495. The summed E-state index contributed by atoms with van der Waals surface area (Å²) in [5.41, 5.74) is 2.87. The van der Waals surface area contributed by atoms with Crippen LogP contribution in [-0.4, -0.2) is 0 Å². The van der Waals surface area contributed by atoms with E-state index in [-0.39, 0.29) is 11.1 Å². The van der Waals surface area contributed by atoms with E-state index in [1.807, 2.05) is 72.8 Å². The smallest absolute Gasteiger partial charge is 0.130 e. The van der Waals surface area contributed by atoms with E-state index in [1.54, 1.807) is 36.4 Å². The van der Waals surface area contributed by atoms with Crippen LogP contribution in [0, 0.1) is 45.3 Å². The van der Waals surface area contributed by atoms with Gasteiger partial charge in [-0.15, -0.1) is 0 Å². The van der Waals surface area contributed by atoms with Gasteiger partial charge in [0, 0.05) is 6.42 Å². The Kier molecular flexibility index (Phi) is 6.70. The van der Waals surface area contributed by atoms with Gasteiger partial charge in [-0.05, 0) is 59.7 Å². The first-order valence-corrected chi connectivity index (χ1v) is 10.5. The number of hydrogen-bond donors (Lipinski definition) is 0. The average Bonchev–Trinajstić information content (AvgIpc) is 2.90. The second-order valence-electron chi connectivity index (χ2n) is 7.46. The number of ether oxygens (including phenoxy) is 2. The molecule has 4 aromatic carbocycles. The molecule has 0 aromatic heterocycles. The van der Waals surface area contributed by atoms with E-state index < -0.39 is 0 Å². The Hall–Kier alpha value is -5.56. The molecule has 0 amide bonds. The Morgan fingerprint density at radius 1 is 0.486 bits per heavy atom. The first-order valence-electron chi connectivity index (χ1n) is 10.5. The van der Waals surface area contributed by atoms with E-state index in [0.717, 1.165) is 11.1 Å². The summed E-state index contributed by atoms with van der Waals surface area (Å²) < 4.78 is 12.1. The lowest BCUT2D eigenvalue weighted by Crippen LogP contribution is -1.97. The fourth-order valence-electron chi connectivity index (χ4n) is 3.51. The summed E-state index contributed by atoms with van der Waals surface area (Å²) in [7, 11) is 0. The first-order chi connectivity index (χ1) is 17.1. The normalized spacial score (nSPS) is 9.71. The van der Waals surface area contributed by atoms with Crippen molar-refractivity contribution in [2.45, 2.75) is 6.42 Å². The molecule has 6 heteroatoms. The van der Waals surface area contributed by atoms with Crippen LogP contribution in [0.2, 0.25) is 0 Å². The van der Waals surface area contributed by atoms with Crippen molar-refractivity contribution in [3.63, 3.8) is 0 Å². The van der Waals surface area contributed by atoms with Crippen molar-refractivity contribution in [1.29, 1.82) is 21.0 Å². The summed E-state index contributed by atoms with van der Waals surface area (Å²) in [5.74, 6) is 2.14. The van der Waals surface area contributed by atoms with Gasteiger partial charge in [-0.25, -0.2) is 0 Å². The molecule has 0 aliphatic rings. The van der Waals surface area contributed by atoms with Crippen LogP contribution in [0.25, 0.3) is 0 Å². The van der Waals surface area contributed by atoms with Crippen LogP contribution < -0.4 is 9.47 Å². The van der Waals surface area contributed by atoms with E-state index in [1.165, 1.54) is 0 Å². The predicted molar refractivity (Wildman–Crippen MR) is 128 cm³/mol. The van der Waals surface area contributed by atoms with Crippen molar-refractivity contribution in [3.8, 4) is 47.3 Å². The van der Waals surface area contributed by atoms with Gasteiger partial charge in [0.2, 0.25) is 0 Å². The maximum Gasteiger partial charge on any atom is 0.130 e.